The first-order valence-corrected chi connectivity index (χ1v) is 9.38. The van der Waals surface area contributed by atoms with E-state index in [9.17, 15) is 9.59 Å². The van der Waals surface area contributed by atoms with Crippen molar-refractivity contribution in [3.63, 3.8) is 0 Å². The van der Waals surface area contributed by atoms with Crippen LogP contribution < -0.4 is 10.6 Å². The van der Waals surface area contributed by atoms with E-state index in [1.54, 1.807) is 0 Å². The molecule has 27 heavy (non-hydrogen) atoms. The zero-order chi connectivity index (χ0) is 20.7. The highest BCUT2D eigenvalue weighted by molar-refractivity contribution is 5.85. The van der Waals surface area contributed by atoms with E-state index in [0.29, 0.717) is 19.4 Å². The standard InChI is InChI=1S/C21H34N2O4/c1-20(2,3)15-12-16(21(4,5)6)14-17(13-15)23-19(25)27-11-9-8-10-26-18(24)22-7/h12-14H,8-11H2,1-7H3,(H,22,24)(H,23,25). The molecule has 0 saturated heterocycles. The van der Waals surface area contributed by atoms with Crippen LogP contribution in [0.4, 0.5) is 15.3 Å². The van der Waals surface area contributed by atoms with E-state index in [2.05, 4.69) is 58.2 Å². The van der Waals surface area contributed by atoms with Crippen molar-refractivity contribution in [2.24, 2.45) is 0 Å². The molecule has 1 aromatic rings. The summed E-state index contributed by atoms with van der Waals surface area (Å²) in [7, 11) is 1.51. The van der Waals surface area contributed by atoms with Gasteiger partial charge in [-0.2, -0.15) is 0 Å². The Bertz CT molecular complexity index is 610. The fourth-order valence-corrected chi connectivity index (χ4v) is 2.33. The number of rotatable bonds is 6. The van der Waals surface area contributed by atoms with E-state index >= 15 is 0 Å². The normalized spacial score (nSPS) is 11.7. The van der Waals surface area contributed by atoms with Crippen LogP contribution in [0.2, 0.25) is 0 Å². The van der Waals surface area contributed by atoms with Gasteiger partial charge < -0.3 is 14.8 Å². The second-order valence-electron chi connectivity index (χ2n) is 8.65. The third kappa shape index (κ3) is 8.33. The Labute approximate surface area is 163 Å². The molecule has 0 atom stereocenters. The molecule has 0 heterocycles. The van der Waals surface area contributed by atoms with E-state index < -0.39 is 12.2 Å². The number of unbranched alkanes of at least 4 members (excludes halogenated alkanes) is 1. The number of carbonyl (C=O) groups excluding carboxylic acids is 2. The van der Waals surface area contributed by atoms with Gasteiger partial charge in [0.2, 0.25) is 0 Å². The number of nitrogens with one attached hydrogen (secondary N) is 2. The molecule has 0 aliphatic heterocycles. The molecular formula is C21H34N2O4. The van der Waals surface area contributed by atoms with E-state index in [0.717, 1.165) is 16.8 Å². The minimum absolute atomic E-state index is 0.0215. The maximum atomic E-state index is 12.1. The number of amides is 2. The van der Waals surface area contributed by atoms with Gasteiger partial charge in [-0.05, 0) is 46.9 Å². The van der Waals surface area contributed by atoms with Gasteiger partial charge in [-0.25, -0.2) is 9.59 Å². The van der Waals surface area contributed by atoms with E-state index in [1.165, 1.54) is 7.05 Å². The molecule has 2 amide bonds. The highest BCUT2D eigenvalue weighted by Crippen LogP contribution is 2.32. The summed E-state index contributed by atoms with van der Waals surface area (Å²) in [5, 5.41) is 5.20. The van der Waals surface area contributed by atoms with E-state index in [1.807, 2.05) is 12.1 Å². The largest absolute Gasteiger partial charge is 0.450 e. The Balaban J connectivity index is 2.62. The summed E-state index contributed by atoms with van der Waals surface area (Å²) in [6.45, 7) is 13.5. The molecule has 152 valence electrons. The monoisotopic (exact) mass is 378 g/mol. The van der Waals surface area contributed by atoms with Crippen LogP contribution in [0, 0.1) is 0 Å². The van der Waals surface area contributed by atoms with Crippen molar-refractivity contribution < 1.29 is 19.1 Å². The van der Waals surface area contributed by atoms with Gasteiger partial charge in [0.05, 0.1) is 13.2 Å². The van der Waals surface area contributed by atoms with Crippen LogP contribution in [-0.4, -0.2) is 32.4 Å². The Morgan fingerprint density at radius 3 is 1.67 bits per heavy atom. The first-order chi connectivity index (χ1) is 12.4. The molecule has 0 radical (unpaired) electrons. The minimum Gasteiger partial charge on any atom is -0.450 e. The highest BCUT2D eigenvalue weighted by atomic mass is 16.6. The molecule has 6 heteroatoms. The van der Waals surface area contributed by atoms with Gasteiger partial charge >= 0.3 is 12.2 Å². The molecule has 0 unspecified atom stereocenters. The van der Waals surface area contributed by atoms with Crippen LogP contribution in [0.1, 0.15) is 65.5 Å². The second kappa shape index (κ2) is 9.62. The molecule has 1 rings (SSSR count). The predicted molar refractivity (Wildman–Crippen MR) is 108 cm³/mol. The summed E-state index contributed by atoms with van der Waals surface area (Å²) in [6.07, 6.45) is 0.323. The van der Waals surface area contributed by atoms with Gasteiger partial charge in [0.25, 0.3) is 0 Å². The number of hydrogen-bond acceptors (Lipinski definition) is 4. The van der Waals surface area contributed by atoms with Crippen LogP contribution in [0.3, 0.4) is 0 Å². The van der Waals surface area contributed by atoms with Gasteiger partial charge in [0.1, 0.15) is 0 Å². The third-order valence-electron chi connectivity index (χ3n) is 4.12. The molecule has 6 nitrogen and oxygen atoms in total. The van der Waals surface area contributed by atoms with Crippen LogP contribution in [0.15, 0.2) is 18.2 Å². The number of anilines is 1. The number of hydrogen-bond donors (Lipinski definition) is 2. The fraction of sp³-hybridized carbons (Fsp3) is 0.619. The topological polar surface area (TPSA) is 76.7 Å². The van der Waals surface area contributed by atoms with Crippen molar-refractivity contribution in [1.29, 1.82) is 0 Å². The SMILES string of the molecule is CNC(=O)OCCCCOC(=O)Nc1cc(C(C)(C)C)cc(C(C)(C)C)c1. The van der Waals surface area contributed by atoms with Gasteiger partial charge in [-0.1, -0.05) is 47.6 Å². The molecule has 1 aromatic carbocycles. The van der Waals surface area contributed by atoms with E-state index in [4.69, 9.17) is 9.47 Å². The Hall–Kier alpha value is -2.24. The van der Waals surface area contributed by atoms with Crippen molar-refractivity contribution in [2.45, 2.75) is 65.2 Å². The molecule has 2 N–H and O–H groups in total. The molecule has 0 bridgehead atoms. The molecule has 0 spiro atoms. The minimum atomic E-state index is -0.479. The van der Waals surface area contributed by atoms with Crippen molar-refractivity contribution in [2.75, 3.05) is 25.6 Å². The summed E-state index contributed by atoms with van der Waals surface area (Å²) in [4.78, 5) is 23.0. The zero-order valence-corrected chi connectivity index (χ0v) is 17.7. The molecular weight excluding hydrogens is 344 g/mol. The summed E-state index contributed by atoms with van der Waals surface area (Å²) >= 11 is 0. The van der Waals surface area contributed by atoms with Gasteiger partial charge in [0.15, 0.2) is 0 Å². The Morgan fingerprint density at radius 2 is 1.26 bits per heavy atom. The first-order valence-electron chi connectivity index (χ1n) is 9.38. The lowest BCUT2D eigenvalue weighted by Gasteiger charge is -2.26. The zero-order valence-electron chi connectivity index (χ0n) is 17.7. The summed E-state index contributed by atoms with van der Waals surface area (Å²) in [5.74, 6) is 0. The lowest BCUT2D eigenvalue weighted by molar-refractivity contribution is 0.135. The van der Waals surface area contributed by atoms with Crippen molar-refractivity contribution in [3.8, 4) is 0 Å². The molecule has 0 aliphatic carbocycles. The highest BCUT2D eigenvalue weighted by Gasteiger charge is 2.21. The Morgan fingerprint density at radius 1 is 0.815 bits per heavy atom. The predicted octanol–water partition coefficient (Wildman–Crippen LogP) is 4.97. The number of alkyl carbamates (subject to hydrolysis) is 1. The fourth-order valence-electron chi connectivity index (χ4n) is 2.33. The molecule has 0 aliphatic rings. The average molecular weight is 379 g/mol. The molecule has 0 aromatic heterocycles. The second-order valence-corrected chi connectivity index (χ2v) is 8.65. The van der Waals surface area contributed by atoms with E-state index in [-0.39, 0.29) is 17.4 Å². The Kier molecular flexibility index (Phi) is 8.13. The molecule has 0 saturated carbocycles. The van der Waals surface area contributed by atoms with Crippen molar-refractivity contribution in [3.05, 3.63) is 29.3 Å². The van der Waals surface area contributed by atoms with Gasteiger partial charge in [0, 0.05) is 12.7 Å². The number of ether oxygens (including phenoxy) is 2. The number of carbonyl (C=O) groups is 2. The quantitative estimate of drug-likeness (QED) is 0.686. The van der Waals surface area contributed by atoms with Crippen LogP contribution in [-0.2, 0) is 20.3 Å². The lowest BCUT2D eigenvalue weighted by atomic mass is 9.80. The van der Waals surface area contributed by atoms with Gasteiger partial charge in [-0.3, -0.25) is 5.32 Å². The average Bonchev–Trinajstić information content (AvgIpc) is 2.55. The third-order valence-corrected chi connectivity index (χ3v) is 4.12. The maximum absolute atomic E-state index is 12.1. The smallest absolute Gasteiger partial charge is 0.411 e. The lowest BCUT2D eigenvalue weighted by Crippen LogP contribution is -2.20. The number of benzene rings is 1. The maximum Gasteiger partial charge on any atom is 0.411 e. The molecule has 0 fully saturated rings. The van der Waals surface area contributed by atoms with Crippen LogP contribution in [0.25, 0.3) is 0 Å². The summed E-state index contributed by atoms with van der Waals surface area (Å²) in [6, 6.07) is 6.18. The van der Waals surface area contributed by atoms with Crippen LogP contribution >= 0.6 is 0 Å². The summed E-state index contributed by atoms with van der Waals surface area (Å²) < 4.78 is 10.1. The summed E-state index contributed by atoms with van der Waals surface area (Å²) in [5.41, 5.74) is 3.02. The van der Waals surface area contributed by atoms with Crippen LogP contribution in [0.5, 0.6) is 0 Å². The van der Waals surface area contributed by atoms with Crippen molar-refractivity contribution >= 4 is 17.9 Å². The first kappa shape index (κ1) is 22.8. The van der Waals surface area contributed by atoms with Crippen molar-refractivity contribution in [1.82, 2.24) is 5.32 Å². The van der Waals surface area contributed by atoms with Gasteiger partial charge in [-0.15, -0.1) is 0 Å².